The van der Waals surface area contributed by atoms with E-state index in [1.54, 1.807) is 0 Å². The second-order valence-corrected chi connectivity index (χ2v) is 7.43. The summed E-state index contributed by atoms with van der Waals surface area (Å²) in [7, 11) is -3.69. The van der Waals surface area contributed by atoms with Crippen LogP contribution in [0.5, 0.6) is 0 Å². The zero-order valence-corrected chi connectivity index (χ0v) is 13.2. The maximum Gasteiger partial charge on any atom is 0.326 e. The van der Waals surface area contributed by atoms with Gasteiger partial charge in [0.1, 0.15) is 0 Å². The van der Waals surface area contributed by atoms with Crippen LogP contribution in [-0.2, 0) is 10.0 Å². The van der Waals surface area contributed by atoms with Gasteiger partial charge in [-0.15, -0.1) is 0 Å². The molecule has 0 bridgehead atoms. The molecule has 124 valence electrons. The summed E-state index contributed by atoms with van der Waals surface area (Å²) in [5, 5.41) is 3.37. The third-order valence-electron chi connectivity index (χ3n) is 4.03. The number of hydrogen-bond acceptors (Lipinski definition) is 5. The highest BCUT2D eigenvalue weighted by Crippen LogP contribution is 2.15. The molecule has 2 aromatic rings. The first-order valence-electron chi connectivity index (χ1n) is 7.42. The van der Waals surface area contributed by atoms with Crippen LogP contribution in [0.4, 0.5) is 0 Å². The summed E-state index contributed by atoms with van der Waals surface area (Å²) in [5.74, 6) is 0.488. The van der Waals surface area contributed by atoms with Crippen molar-refractivity contribution in [1.29, 1.82) is 0 Å². The number of aromatic nitrogens is 2. The number of aromatic amines is 2. The van der Waals surface area contributed by atoms with Crippen molar-refractivity contribution >= 4 is 20.9 Å². The Bertz CT molecular complexity index is 926. The maximum atomic E-state index is 12.3. The second kappa shape index (κ2) is 6.26. The van der Waals surface area contributed by atoms with Crippen LogP contribution in [0.2, 0.25) is 0 Å². The molecule has 4 N–H and O–H groups in total. The van der Waals surface area contributed by atoms with Crippen LogP contribution in [0.1, 0.15) is 12.8 Å². The molecule has 2 heterocycles. The van der Waals surface area contributed by atoms with Crippen LogP contribution < -0.4 is 21.3 Å². The second-order valence-electron chi connectivity index (χ2n) is 5.66. The molecular formula is C14H18N4O4S. The highest BCUT2D eigenvalue weighted by atomic mass is 32.2. The van der Waals surface area contributed by atoms with Gasteiger partial charge in [-0.2, -0.15) is 0 Å². The lowest BCUT2D eigenvalue weighted by Crippen LogP contribution is -2.27. The Labute approximate surface area is 132 Å². The van der Waals surface area contributed by atoms with Gasteiger partial charge in [0.2, 0.25) is 10.0 Å². The number of nitrogens with one attached hydrogen (secondary N) is 4. The van der Waals surface area contributed by atoms with Gasteiger partial charge in [-0.3, -0.25) is 9.78 Å². The molecule has 1 fully saturated rings. The molecule has 0 amide bonds. The van der Waals surface area contributed by atoms with E-state index < -0.39 is 21.3 Å². The lowest BCUT2D eigenvalue weighted by Gasteiger charge is -2.10. The maximum absolute atomic E-state index is 12.3. The highest BCUT2D eigenvalue weighted by molar-refractivity contribution is 7.89. The SMILES string of the molecule is O=c1[nH]c(=O)c2cc(S(=O)(=O)NCCC3CCNC3)ccc2[nH]1. The molecule has 1 atom stereocenters. The molecule has 1 aromatic heterocycles. The molecule has 0 radical (unpaired) electrons. The van der Waals surface area contributed by atoms with Crippen molar-refractivity contribution in [3.63, 3.8) is 0 Å². The molecule has 9 heteroatoms. The summed E-state index contributed by atoms with van der Waals surface area (Å²) < 4.78 is 27.2. The Hall–Kier alpha value is -1.97. The first kappa shape index (κ1) is 15.9. The molecule has 1 saturated heterocycles. The van der Waals surface area contributed by atoms with Gasteiger partial charge in [0.15, 0.2) is 0 Å². The van der Waals surface area contributed by atoms with Gasteiger partial charge in [-0.25, -0.2) is 17.9 Å². The molecule has 1 aromatic carbocycles. The lowest BCUT2D eigenvalue weighted by atomic mass is 10.1. The molecule has 8 nitrogen and oxygen atoms in total. The number of benzene rings is 1. The Morgan fingerprint density at radius 1 is 1.22 bits per heavy atom. The van der Waals surface area contributed by atoms with Crippen LogP contribution in [0.15, 0.2) is 32.7 Å². The minimum Gasteiger partial charge on any atom is -0.316 e. The fraction of sp³-hybridized carbons (Fsp3) is 0.429. The molecule has 1 aliphatic heterocycles. The Kier molecular flexibility index (Phi) is 4.33. The highest BCUT2D eigenvalue weighted by Gasteiger charge is 2.18. The van der Waals surface area contributed by atoms with E-state index in [0.717, 1.165) is 25.9 Å². The molecule has 1 aliphatic rings. The molecule has 0 saturated carbocycles. The molecular weight excluding hydrogens is 320 g/mol. The third kappa shape index (κ3) is 3.52. The quantitative estimate of drug-likeness (QED) is 0.585. The summed E-state index contributed by atoms with van der Waals surface area (Å²) in [5.41, 5.74) is -0.936. The van der Waals surface area contributed by atoms with Crippen molar-refractivity contribution < 1.29 is 8.42 Å². The smallest absolute Gasteiger partial charge is 0.316 e. The van der Waals surface area contributed by atoms with E-state index in [9.17, 15) is 18.0 Å². The van der Waals surface area contributed by atoms with Gasteiger partial charge < -0.3 is 10.3 Å². The Balaban J connectivity index is 1.80. The van der Waals surface area contributed by atoms with Crippen molar-refractivity contribution in [2.75, 3.05) is 19.6 Å². The monoisotopic (exact) mass is 338 g/mol. The largest absolute Gasteiger partial charge is 0.326 e. The first-order valence-corrected chi connectivity index (χ1v) is 8.91. The topological polar surface area (TPSA) is 124 Å². The third-order valence-corrected chi connectivity index (χ3v) is 5.49. The Morgan fingerprint density at radius 2 is 2.04 bits per heavy atom. The van der Waals surface area contributed by atoms with Crippen LogP contribution in [0, 0.1) is 5.92 Å². The van der Waals surface area contributed by atoms with Gasteiger partial charge in [0, 0.05) is 6.54 Å². The van der Waals surface area contributed by atoms with Crippen molar-refractivity contribution in [2.45, 2.75) is 17.7 Å². The van der Waals surface area contributed by atoms with Gasteiger partial charge in [-0.05, 0) is 50.0 Å². The van der Waals surface area contributed by atoms with Crippen LogP contribution in [0.25, 0.3) is 10.9 Å². The predicted octanol–water partition coefficient (Wildman–Crippen LogP) is -0.506. The fourth-order valence-electron chi connectivity index (χ4n) is 2.75. The molecule has 3 rings (SSSR count). The van der Waals surface area contributed by atoms with E-state index >= 15 is 0 Å². The summed E-state index contributed by atoms with van der Waals surface area (Å²) in [4.78, 5) is 27.5. The summed E-state index contributed by atoms with van der Waals surface area (Å²) in [6.07, 6.45) is 1.83. The number of sulfonamides is 1. The average Bonchev–Trinajstić information content (AvgIpc) is 2.99. The van der Waals surface area contributed by atoms with Crippen molar-refractivity contribution in [3.8, 4) is 0 Å². The van der Waals surface area contributed by atoms with E-state index in [-0.39, 0.29) is 10.3 Å². The molecule has 0 aliphatic carbocycles. The van der Waals surface area contributed by atoms with Crippen LogP contribution >= 0.6 is 0 Å². The number of fused-ring (bicyclic) bond motifs is 1. The van der Waals surface area contributed by atoms with Crippen molar-refractivity contribution in [1.82, 2.24) is 20.0 Å². The average molecular weight is 338 g/mol. The lowest BCUT2D eigenvalue weighted by molar-refractivity contribution is 0.519. The minimum atomic E-state index is -3.69. The van der Waals surface area contributed by atoms with E-state index in [0.29, 0.717) is 18.0 Å². The summed E-state index contributed by atoms with van der Waals surface area (Å²) >= 11 is 0. The van der Waals surface area contributed by atoms with Crippen LogP contribution in [-0.4, -0.2) is 38.0 Å². The van der Waals surface area contributed by atoms with E-state index in [2.05, 4.69) is 20.0 Å². The normalized spacial score (nSPS) is 18.5. The first-order chi connectivity index (χ1) is 11.0. The van der Waals surface area contributed by atoms with Gasteiger partial charge in [-0.1, -0.05) is 0 Å². The zero-order chi connectivity index (χ0) is 16.4. The number of H-pyrrole nitrogens is 2. The predicted molar refractivity (Wildman–Crippen MR) is 86.0 cm³/mol. The van der Waals surface area contributed by atoms with Gasteiger partial charge >= 0.3 is 5.69 Å². The molecule has 23 heavy (non-hydrogen) atoms. The van der Waals surface area contributed by atoms with E-state index in [1.807, 2.05) is 0 Å². The summed E-state index contributed by atoms with van der Waals surface area (Å²) in [6, 6.07) is 4.06. The number of rotatable bonds is 5. The van der Waals surface area contributed by atoms with Gasteiger partial charge in [0.25, 0.3) is 5.56 Å². The number of hydrogen-bond donors (Lipinski definition) is 4. The van der Waals surface area contributed by atoms with E-state index in [4.69, 9.17) is 0 Å². The van der Waals surface area contributed by atoms with E-state index in [1.165, 1.54) is 18.2 Å². The molecule has 0 spiro atoms. The van der Waals surface area contributed by atoms with Crippen molar-refractivity contribution in [3.05, 3.63) is 39.0 Å². The minimum absolute atomic E-state index is 0.00657. The fourth-order valence-corrected chi connectivity index (χ4v) is 3.83. The standard InChI is InChI=1S/C14H18N4O4S/c19-13-11-7-10(1-2-12(11)17-14(20)18-13)23(21,22)16-6-4-9-3-5-15-8-9/h1-2,7,9,15-16H,3-6,8H2,(H2,17,18,19,20). The van der Waals surface area contributed by atoms with Gasteiger partial charge in [0.05, 0.1) is 15.8 Å². The zero-order valence-electron chi connectivity index (χ0n) is 12.4. The molecule has 1 unspecified atom stereocenters. The Morgan fingerprint density at radius 3 is 2.78 bits per heavy atom. The van der Waals surface area contributed by atoms with Crippen LogP contribution in [0.3, 0.4) is 0 Å². The summed E-state index contributed by atoms with van der Waals surface area (Å²) in [6.45, 7) is 2.25. The van der Waals surface area contributed by atoms with Crippen molar-refractivity contribution in [2.24, 2.45) is 5.92 Å².